The van der Waals surface area contributed by atoms with Gasteiger partial charge in [0.1, 0.15) is 5.75 Å². The Morgan fingerprint density at radius 1 is 1.27 bits per heavy atom. The third-order valence-electron chi connectivity index (χ3n) is 5.44. The highest BCUT2D eigenvalue weighted by atomic mass is 16.5. The van der Waals surface area contributed by atoms with E-state index in [1.165, 1.54) is 5.56 Å². The Morgan fingerprint density at radius 2 is 2.00 bits per heavy atom. The average molecular weight is 418 g/mol. The number of likely N-dealkylation sites (tertiary alicyclic amines) is 1. The number of aryl methyl sites for hydroxylation is 1. The zero-order valence-corrected chi connectivity index (χ0v) is 19.0. The SMILES string of the molecule is CN=C(NCCCCN1CCC(C(N)=O)CC1)NCc1ccc(C)cc1OC(C)C. The highest BCUT2D eigenvalue weighted by molar-refractivity contribution is 5.79. The number of carbonyl (C=O) groups is 1. The number of ether oxygens (including phenoxy) is 1. The Labute approximate surface area is 181 Å². The normalized spacial score (nSPS) is 16.0. The molecule has 1 amide bonds. The van der Waals surface area contributed by atoms with Crippen molar-refractivity contribution in [1.82, 2.24) is 15.5 Å². The smallest absolute Gasteiger partial charge is 0.220 e. The van der Waals surface area contributed by atoms with Crippen LogP contribution in [-0.4, -0.2) is 56.1 Å². The number of amides is 1. The number of hydrogen-bond donors (Lipinski definition) is 3. The maximum atomic E-state index is 11.2. The van der Waals surface area contributed by atoms with Crippen LogP contribution in [0, 0.1) is 12.8 Å². The minimum absolute atomic E-state index is 0.0669. The summed E-state index contributed by atoms with van der Waals surface area (Å²) >= 11 is 0. The van der Waals surface area contributed by atoms with Gasteiger partial charge in [-0.2, -0.15) is 0 Å². The summed E-state index contributed by atoms with van der Waals surface area (Å²) in [6, 6.07) is 6.29. The van der Waals surface area contributed by atoms with Crippen LogP contribution in [-0.2, 0) is 11.3 Å². The van der Waals surface area contributed by atoms with Gasteiger partial charge in [0.05, 0.1) is 6.10 Å². The molecule has 0 radical (unpaired) electrons. The molecule has 1 aliphatic heterocycles. The molecule has 1 fully saturated rings. The van der Waals surface area contributed by atoms with Crippen molar-refractivity contribution in [1.29, 1.82) is 0 Å². The fourth-order valence-corrected chi connectivity index (χ4v) is 3.68. The van der Waals surface area contributed by atoms with Crippen LogP contribution >= 0.6 is 0 Å². The molecule has 1 saturated heterocycles. The largest absolute Gasteiger partial charge is 0.491 e. The van der Waals surface area contributed by atoms with Crippen molar-refractivity contribution in [2.45, 2.75) is 59.1 Å². The maximum absolute atomic E-state index is 11.2. The Balaban J connectivity index is 1.67. The maximum Gasteiger partial charge on any atom is 0.220 e. The standard InChI is InChI=1S/C23H39N5O2/c1-17(2)30-21-15-18(3)7-8-20(21)16-27-23(25-4)26-11-5-6-12-28-13-9-19(10-14-28)22(24)29/h7-8,15,17,19H,5-6,9-14,16H2,1-4H3,(H2,24,29)(H2,25,26,27). The third kappa shape index (κ3) is 8.22. The lowest BCUT2D eigenvalue weighted by Gasteiger charge is -2.30. The van der Waals surface area contributed by atoms with Crippen LogP contribution < -0.4 is 21.1 Å². The van der Waals surface area contributed by atoms with Crippen molar-refractivity contribution in [3.63, 3.8) is 0 Å². The van der Waals surface area contributed by atoms with Gasteiger partial charge in [0, 0.05) is 31.6 Å². The highest BCUT2D eigenvalue weighted by Gasteiger charge is 2.22. The van der Waals surface area contributed by atoms with Gasteiger partial charge in [0.25, 0.3) is 0 Å². The summed E-state index contributed by atoms with van der Waals surface area (Å²) in [5.74, 6) is 1.64. The molecule has 0 spiro atoms. The lowest BCUT2D eigenvalue weighted by atomic mass is 9.96. The second-order valence-electron chi connectivity index (χ2n) is 8.36. The summed E-state index contributed by atoms with van der Waals surface area (Å²) in [5, 5.41) is 6.77. The predicted octanol–water partition coefficient (Wildman–Crippen LogP) is 2.42. The Bertz CT molecular complexity index is 697. The molecule has 1 aromatic rings. The van der Waals surface area contributed by atoms with Crippen LogP contribution in [0.4, 0.5) is 0 Å². The van der Waals surface area contributed by atoms with E-state index in [-0.39, 0.29) is 17.9 Å². The number of carbonyl (C=O) groups excluding carboxylic acids is 1. The molecule has 0 unspecified atom stereocenters. The van der Waals surface area contributed by atoms with Crippen LogP contribution in [0.1, 0.15) is 50.7 Å². The van der Waals surface area contributed by atoms with Gasteiger partial charge in [0.2, 0.25) is 5.91 Å². The fourth-order valence-electron chi connectivity index (χ4n) is 3.68. The lowest BCUT2D eigenvalue weighted by molar-refractivity contribution is -0.123. The summed E-state index contributed by atoms with van der Waals surface area (Å²) in [5.41, 5.74) is 7.71. The van der Waals surface area contributed by atoms with Gasteiger partial charge in [-0.15, -0.1) is 0 Å². The van der Waals surface area contributed by atoms with Crippen LogP contribution in [0.5, 0.6) is 5.75 Å². The molecule has 0 aliphatic carbocycles. The predicted molar refractivity (Wildman–Crippen MR) is 123 cm³/mol. The van der Waals surface area contributed by atoms with Gasteiger partial charge < -0.3 is 26.0 Å². The third-order valence-corrected chi connectivity index (χ3v) is 5.44. The van der Waals surface area contributed by atoms with Crippen molar-refractivity contribution in [3.05, 3.63) is 29.3 Å². The molecule has 0 aromatic heterocycles. The Morgan fingerprint density at radius 3 is 2.63 bits per heavy atom. The molecule has 2 rings (SSSR count). The minimum Gasteiger partial charge on any atom is -0.491 e. The molecule has 1 aromatic carbocycles. The van der Waals surface area contributed by atoms with Crippen LogP contribution in [0.2, 0.25) is 0 Å². The van der Waals surface area contributed by atoms with E-state index < -0.39 is 0 Å². The van der Waals surface area contributed by atoms with Gasteiger partial charge >= 0.3 is 0 Å². The van der Waals surface area contributed by atoms with E-state index in [1.807, 2.05) is 13.8 Å². The van der Waals surface area contributed by atoms with Crippen molar-refractivity contribution < 1.29 is 9.53 Å². The van der Waals surface area contributed by atoms with Crippen molar-refractivity contribution in [3.8, 4) is 5.75 Å². The second kappa shape index (κ2) is 12.4. The monoisotopic (exact) mass is 417 g/mol. The summed E-state index contributed by atoms with van der Waals surface area (Å²) < 4.78 is 5.95. The van der Waals surface area contributed by atoms with Gasteiger partial charge in [-0.25, -0.2) is 0 Å². The molecule has 0 atom stereocenters. The molecule has 0 saturated carbocycles. The summed E-state index contributed by atoms with van der Waals surface area (Å²) in [7, 11) is 1.79. The number of nitrogens with zero attached hydrogens (tertiary/aromatic N) is 2. The van der Waals surface area contributed by atoms with E-state index in [9.17, 15) is 4.79 Å². The topological polar surface area (TPSA) is 92.0 Å². The molecule has 0 bridgehead atoms. The van der Waals surface area contributed by atoms with Crippen LogP contribution in [0.15, 0.2) is 23.2 Å². The summed E-state index contributed by atoms with van der Waals surface area (Å²) in [6.07, 6.45) is 4.12. The quantitative estimate of drug-likeness (QED) is 0.309. The van der Waals surface area contributed by atoms with Crippen LogP contribution in [0.25, 0.3) is 0 Å². The van der Waals surface area contributed by atoms with Gasteiger partial charge in [-0.1, -0.05) is 12.1 Å². The molecular formula is C23H39N5O2. The lowest BCUT2D eigenvalue weighted by Crippen LogP contribution is -2.39. The molecule has 7 heteroatoms. The zero-order chi connectivity index (χ0) is 21.9. The fraction of sp³-hybridized carbons (Fsp3) is 0.652. The minimum atomic E-state index is -0.147. The number of primary amides is 1. The molecule has 4 N–H and O–H groups in total. The van der Waals surface area contributed by atoms with Crippen LogP contribution in [0.3, 0.4) is 0 Å². The number of piperidine rings is 1. The van der Waals surface area contributed by atoms with Crippen molar-refractivity contribution >= 4 is 11.9 Å². The molecule has 168 valence electrons. The zero-order valence-electron chi connectivity index (χ0n) is 19.0. The van der Waals surface area contributed by atoms with Gasteiger partial charge in [-0.05, 0) is 77.7 Å². The molecular weight excluding hydrogens is 378 g/mol. The number of aliphatic imine (C=N–C) groups is 1. The number of unbranched alkanes of at least 4 members (excludes halogenated alkanes) is 1. The first-order valence-corrected chi connectivity index (χ1v) is 11.1. The number of nitrogens with two attached hydrogens (primary N) is 1. The Hall–Kier alpha value is -2.28. The van der Waals surface area contributed by atoms with Crippen molar-refractivity contribution in [2.75, 3.05) is 33.2 Å². The van der Waals surface area contributed by atoms with E-state index in [1.54, 1.807) is 7.05 Å². The first-order chi connectivity index (χ1) is 14.4. The van der Waals surface area contributed by atoms with E-state index >= 15 is 0 Å². The number of nitrogens with one attached hydrogen (secondary N) is 2. The van der Waals surface area contributed by atoms with Crippen molar-refractivity contribution in [2.24, 2.45) is 16.6 Å². The average Bonchev–Trinajstić information content (AvgIpc) is 2.71. The molecule has 7 nitrogen and oxygen atoms in total. The molecule has 1 heterocycles. The number of guanidine groups is 1. The van der Waals surface area contributed by atoms with E-state index in [2.05, 4.69) is 45.6 Å². The van der Waals surface area contributed by atoms with Gasteiger partial charge in [0.15, 0.2) is 5.96 Å². The molecule has 1 aliphatic rings. The number of hydrogen-bond acceptors (Lipinski definition) is 4. The summed E-state index contributed by atoms with van der Waals surface area (Å²) in [4.78, 5) is 18.0. The van der Waals surface area contributed by atoms with E-state index in [0.717, 1.165) is 69.1 Å². The van der Waals surface area contributed by atoms with Gasteiger partial charge in [-0.3, -0.25) is 9.79 Å². The molecule has 30 heavy (non-hydrogen) atoms. The number of rotatable bonds is 10. The summed E-state index contributed by atoms with van der Waals surface area (Å²) in [6.45, 7) is 10.7. The number of benzene rings is 1. The van der Waals surface area contributed by atoms with E-state index in [0.29, 0.717) is 6.54 Å². The first-order valence-electron chi connectivity index (χ1n) is 11.1. The second-order valence-corrected chi connectivity index (χ2v) is 8.36. The van der Waals surface area contributed by atoms with E-state index in [4.69, 9.17) is 10.5 Å². The first kappa shape index (κ1) is 24.0. The Kier molecular flexibility index (Phi) is 9.94. The highest BCUT2D eigenvalue weighted by Crippen LogP contribution is 2.21.